The number of methoxy groups -OCH3 is 1. The summed E-state index contributed by atoms with van der Waals surface area (Å²) in [6.07, 6.45) is 0.659. The Balaban J connectivity index is 1.38. The number of thioether (sulfide) groups is 1. The zero-order valence-electron chi connectivity index (χ0n) is 21.3. The summed E-state index contributed by atoms with van der Waals surface area (Å²) in [6.45, 7) is 0.221. The van der Waals surface area contributed by atoms with Gasteiger partial charge < -0.3 is 18.9 Å². The normalized spacial score (nSPS) is 25.8. The van der Waals surface area contributed by atoms with Crippen molar-refractivity contribution in [3.63, 3.8) is 0 Å². The predicted molar refractivity (Wildman–Crippen MR) is 147 cm³/mol. The van der Waals surface area contributed by atoms with Crippen LogP contribution in [0.5, 0.6) is 0 Å². The van der Waals surface area contributed by atoms with E-state index in [9.17, 15) is 9.65 Å². The van der Waals surface area contributed by atoms with Gasteiger partial charge in [-0.3, -0.25) is 0 Å². The van der Waals surface area contributed by atoms with Crippen LogP contribution in [-0.4, -0.2) is 62.4 Å². The third kappa shape index (κ3) is 5.67. The van der Waals surface area contributed by atoms with Gasteiger partial charge in [-0.25, -0.2) is 14.6 Å². The monoisotopic (exact) mass is 614 g/mol. The molecule has 2 fully saturated rings. The van der Waals surface area contributed by atoms with Gasteiger partial charge in [-0.05, 0) is 18.2 Å². The molecule has 0 aliphatic carbocycles. The first kappa shape index (κ1) is 28.0. The highest BCUT2D eigenvalue weighted by molar-refractivity contribution is 7.99. The minimum Gasteiger partial charge on any atom is -0.375 e. The Labute approximate surface area is 248 Å². The first-order valence-electron chi connectivity index (χ1n) is 12.4. The second-order valence-electron chi connectivity index (χ2n) is 9.19. The standard InChI is InChI=1S/C27H21Cl2FN6O4S/c1-37-24-22(36-12-19(34-35-36)17-8-7-16(29)25(30)33-17)23-20(13-38-26(40-23)14-5-3-2-4-6-14)39-27(24)41-21-9-15(28)11-32-18(21)10-31/h2-9,11-12,20,22-24,26-27H,13H2,1H3/t20?,22?,23-,24?,26?,27+/m0/s1. The molecule has 0 amide bonds. The molecule has 3 aromatic heterocycles. The van der Waals surface area contributed by atoms with Crippen molar-refractivity contribution in [1.29, 1.82) is 5.26 Å². The predicted octanol–water partition coefficient (Wildman–Crippen LogP) is 5.24. The van der Waals surface area contributed by atoms with Crippen LogP contribution in [0.25, 0.3) is 11.4 Å². The number of pyridine rings is 2. The molecular weight excluding hydrogens is 594 g/mol. The number of hydrogen-bond donors (Lipinski definition) is 0. The highest BCUT2D eigenvalue weighted by Crippen LogP contribution is 2.45. The van der Waals surface area contributed by atoms with Crippen LogP contribution in [0.1, 0.15) is 23.6 Å². The fourth-order valence-corrected chi connectivity index (χ4v) is 6.40. The Morgan fingerprint density at radius 1 is 1.15 bits per heavy atom. The van der Waals surface area contributed by atoms with E-state index in [-0.39, 0.29) is 23.0 Å². The number of hydrogen-bond acceptors (Lipinski definition) is 10. The third-order valence-electron chi connectivity index (χ3n) is 6.70. The van der Waals surface area contributed by atoms with Crippen LogP contribution in [0.15, 0.2) is 65.8 Å². The Bertz CT molecular complexity index is 1590. The number of rotatable bonds is 6. The van der Waals surface area contributed by atoms with Gasteiger partial charge in [-0.1, -0.05) is 70.5 Å². The van der Waals surface area contributed by atoms with Gasteiger partial charge in [0.1, 0.15) is 41.6 Å². The zero-order chi connectivity index (χ0) is 28.5. The van der Waals surface area contributed by atoms with Gasteiger partial charge in [0, 0.05) is 23.8 Å². The molecule has 0 bridgehead atoms. The molecule has 4 unspecified atom stereocenters. The summed E-state index contributed by atoms with van der Waals surface area (Å²) in [6, 6.07) is 15.7. The van der Waals surface area contributed by atoms with E-state index >= 15 is 0 Å². The summed E-state index contributed by atoms with van der Waals surface area (Å²) < 4.78 is 40.7. The Hall–Kier alpha value is -3.15. The molecule has 0 saturated carbocycles. The molecule has 210 valence electrons. The smallest absolute Gasteiger partial charge is 0.232 e. The number of ether oxygens (including phenoxy) is 4. The summed E-state index contributed by atoms with van der Waals surface area (Å²) in [5.41, 5.74) is 1.01. The van der Waals surface area contributed by atoms with Crippen molar-refractivity contribution in [2.75, 3.05) is 13.7 Å². The van der Waals surface area contributed by atoms with Crippen LogP contribution in [0, 0.1) is 17.3 Å². The number of nitriles is 1. The molecule has 6 atom stereocenters. The molecule has 5 heterocycles. The van der Waals surface area contributed by atoms with Crippen molar-refractivity contribution < 1.29 is 23.3 Å². The maximum Gasteiger partial charge on any atom is 0.232 e. The quantitative estimate of drug-likeness (QED) is 0.267. The van der Waals surface area contributed by atoms with Crippen molar-refractivity contribution in [3.05, 3.63) is 88.2 Å². The summed E-state index contributed by atoms with van der Waals surface area (Å²) in [5, 5.41) is 18.5. The summed E-state index contributed by atoms with van der Waals surface area (Å²) >= 11 is 13.3. The first-order chi connectivity index (χ1) is 19.9. The van der Waals surface area contributed by atoms with Gasteiger partial charge in [0.25, 0.3) is 0 Å². The van der Waals surface area contributed by atoms with Gasteiger partial charge in [0.2, 0.25) is 5.95 Å². The Morgan fingerprint density at radius 2 is 1.98 bits per heavy atom. The number of benzene rings is 1. The molecule has 2 aliphatic rings. The number of aromatic nitrogens is 5. The van der Waals surface area contributed by atoms with Crippen LogP contribution in [0.4, 0.5) is 4.39 Å². The lowest BCUT2D eigenvalue weighted by Crippen LogP contribution is -2.59. The lowest BCUT2D eigenvalue weighted by Gasteiger charge is -2.48. The van der Waals surface area contributed by atoms with Crippen molar-refractivity contribution in [3.8, 4) is 17.5 Å². The van der Waals surface area contributed by atoms with Gasteiger partial charge in [0.15, 0.2) is 12.0 Å². The zero-order valence-corrected chi connectivity index (χ0v) is 23.6. The van der Waals surface area contributed by atoms with E-state index in [0.717, 1.165) is 5.56 Å². The van der Waals surface area contributed by atoms with Crippen LogP contribution in [0.2, 0.25) is 10.0 Å². The third-order valence-corrected chi connectivity index (χ3v) is 8.37. The largest absolute Gasteiger partial charge is 0.375 e. The van der Waals surface area contributed by atoms with E-state index < -0.39 is 42.0 Å². The van der Waals surface area contributed by atoms with Crippen molar-refractivity contribution in [1.82, 2.24) is 25.0 Å². The first-order valence-corrected chi connectivity index (χ1v) is 14.1. The molecule has 0 N–H and O–H groups in total. The minimum atomic E-state index is -0.807. The fourth-order valence-electron chi connectivity index (χ4n) is 4.81. The summed E-state index contributed by atoms with van der Waals surface area (Å²) in [5.74, 6) is -0.807. The van der Waals surface area contributed by atoms with Gasteiger partial charge in [0.05, 0.1) is 28.5 Å². The Kier molecular flexibility index (Phi) is 8.19. The van der Waals surface area contributed by atoms with Crippen molar-refractivity contribution >= 4 is 35.0 Å². The van der Waals surface area contributed by atoms with Crippen molar-refractivity contribution in [2.45, 2.75) is 41.0 Å². The van der Waals surface area contributed by atoms with Crippen LogP contribution in [-0.2, 0) is 18.9 Å². The molecule has 14 heteroatoms. The topological polar surface area (TPSA) is 117 Å². The second kappa shape index (κ2) is 12.0. The minimum absolute atomic E-state index is 0.0949. The average molecular weight is 615 g/mol. The van der Waals surface area contributed by atoms with Crippen molar-refractivity contribution in [2.24, 2.45) is 0 Å². The lowest BCUT2D eigenvalue weighted by molar-refractivity contribution is -0.308. The molecule has 2 saturated heterocycles. The van der Waals surface area contributed by atoms with E-state index in [2.05, 4.69) is 26.3 Å². The molecule has 1 aromatic carbocycles. The van der Waals surface area contributed by atoms with Gasteiger partial charge in [-0.2, -0.15) is 9.65 Å². The summed E-state index contributed by atoms with van der Waals surface area (Å²) in [4.78, 5) is 8.56. The highest BCUT2D eigenvalue weighted by atomic mass is 35.5. The van der Waals surface area contributed by atoms with Crippen LogP contribution < -0.4 is 0 Å². The SMILES string of the molecule is COC1C(n2cc(-c3ccc(Cl)c(F)n3)nn2)[C@H]2OC(c3ccccc3)OCC2O[C@@H]1Sc1cc(Cl)cnc1C#N. The van der Waals surface area contributed by atoms with Gasteiger partial charge >= 0.3 is 0 Å². The Morgan fingerprint density at radius 3 is 2.73 bits per heavy atom. The van der Waals surface area contributed by atoms with Gasteiger partial charge in [-0.15, -0.1) is 5.10 Å². The van der Waals surface area contributed by atoms with E-state index in [1.807, 2.05) is 30.3 Å². The average Bonchev–Trinajstić information content (AvgIpc) is 3.48. The number of fused-ring (bicyclic) bond motifs is 1. The number of halogens is 3. The molecular formula is C27H21Cl2FN6O4S. The maximum absolute atomic E-state index is 14.1. The second-order valence-corrected chi connectivity index (χ2v) is 11.2. The molecule has 0 spiro atoms. The van der Waals surface area contributed by atoms with Crippen LogP contribution >= 0.6 is 35.0 Å². The molecule has 41 heavy (non-hydrogen) atoms. The number of nitrogens with zero attached hydrogens (tertiary/aromatic N) is 6. The molecule has 4 aromatic rings. The lowest BCUT2D eigenvalue weighted by atomic mass is 9.95. The molecule has 0 radical (unpaired) electrons. The summed E-state index contributed by atoms with van der Waals surface area (Å²) in [7, 11) is 1.55. The molecule has 6 rings (SSSR count). The molecule has 10 nitrogen and oxygen atoms in total. The van der Waals surface area contributed by atoms with E-state index in [1.165, 1.54) is 24.0 Å². The molecule has 2 aliphatic heterocycles. The van der Waals surface area contributed by atoms with E-state index in [4.69, 9.17) is 42.1 Å². The fraction of sp³-hybridized carbons (Fsp3) is 0.296. The van der Waals surface area contributed by atoms with E-state index in [1.54, 1.807) is 30.1 Å². The highest BCUT2D eigenvalue weighted by Gasteiger charge is 2.52. The van der Waals surface area contributed by atoms with Crippen LogP contribution in [0.3, 0.4) is 0 Å². The van der Waals surface area contributed by atoms with E-state index in [0.29, 0.717) is 15.6 Å². The maximum atomic E-state index is 14.1.